The number of hydrogen-bond acceptors (Lipinski definition) is 8. The highest BCUT2D eigenvalue weighted by atomic mass is 31.2. The van der Waals surface area contributed by atoms with E-state index in [2.05, 4.69) is 15.0 Å². The first-order valence-electron chi connectivity index (χ1n) is 6.82. The standard InChI is InChI=1S/C11H16N5O6P/c12-11-14-9-8(10(17)15-11)13-4-16(9)6-1-2-7(21-3-6)22-5-23(18,19)20/h4,6-7H,1-3,5H2,(H2,18,19,20)(H3,12,14,15,17)/p-1/t6-,7+/m1/s1. The van der Waals surface area contributed by atoms with Crippen LogP contribution in [-0.2, 0) is 14.0 Å². The minimum absolute atomic E-state index is 0.00340. The Morgan fingerprint density at radius 3 is 3.04 bits per heavy atom. The molecule has 126 valence electrons. The van der Waals surface area contributed by atoms with E-state index in [0.29, 0.717) is 18.5 Å². The van der Waals surface area contributed by atoms with Crippen molar-refractivity contribution in [2.75, 3.05) is 18.7 Å². The average molecular weight is 344 g/mol. The van der Waals surface area contributed by atoms with Gasteiger partial charge >= 0.3 is 0 Å². The maximum atomic E-state index is 11.7. The topological polar surface area (TPSA) is 168 Å². The summed E-state index contributed by atoms with van der Waals surface area (Å²) in [5.41, 5.74) is 5.67. The molecular formula is C11H15N5O6P-. The molecule has 1 fully saturated rings. The molecule has 12 heteroatoms. The molecule has 1 aliphatic rings. The Bertz CT molecular complexity index is 805. The van der Waals surface area contributed by atoms with Crippen molar-refractivity contribution in [1.29, 1.82) is 0 Å². The summed E-state index contributed by atoms with van der Waals surface area (Å²) in [5, 5.41) is 0. The van der Waals surface area contributed by atoms with Crippen molar-refractivity contribution in [3.8, 4) is 0 Å². The van der Waals surface area contributed by atoms with E-state index in [1.54, 1.807) is 4.57 Å². The van der Waals surface area contributed by atoms with Crippen LogP contribution in [0.3, 0.4) is 0 Å². The van der Waals surface area contributed by atoms with Gasteiger partial charge in [0.25, 0.3) is 5.56 Å². The minimum atomic E-state index is -4.47. The van der Waals surface area contributed by atoms with Crippen LogP contribution in [-0.4, -0.2) is 43.7 Å². The summed E-state index contributed by atoms with van der Waals surface area (Å²) in [4.78, 5) is 41.6. The van der Waals surface area contributed by atoms with Gasteiger partial charge in [0.15, 0.2) is 25.0 Å². The number of rotatable bonds is 4. The van der Waals surface area contributed by atoms with Crippen LogP contribution in [0, 0.1) is 0 Å². The van der Waals surface area contributed by atoms with Gasteiger partial charge < -0.3 is 34.1 Å². The highest BCUT2D eigenvalue weighted by molar-refractivity contribution is 7.50. The molecule has 3 atom stereocenters. The van der Waals surface area contributed by atoms with Gasteiger partial charge in [-0.1, -0.05) is 0 Å². The van der Waals surface area contributed by atoms with Crippen molar-refractivity contribution >= 4 is 24.7 Å². The van der Waals surface area contributed by atoms with Gasteiger partial charge in [0.05, 0.1) is 19.0 Å². The molecule has 1 unspecified atom stereocenters. The molecule has 0 saturated carbocycles. The lowest BCUT2D eigenvalue weighted by molar-refractivity contribution is -0.213. The fourth-order valence-corrected chi connectivity index (χ4v) is 2.81. The minimum Gasteiger partial charge on any atom is -0.777 e. The molecule has 0 radical (unpaired) electrons. The molecule has 2 aromatic heterocycles. The summed E-state index contributed by atoms with van der Waals surface area (Å²) in [6.07, 6.45) is 1.00. The van der Waals surface area contributed by atoms with Gasteiger partial charge in [0.1, 0.15) is 6.35 Å². The molecular weight excluding hydrogens is 329 g/mol. The summed E-state index contributed by atoms with van der Waals surface area (Å²) in [5.74, 6) is -0.00340. The molecule has 3 rings (SSSR count). The molecule has 0 spiro atoms. The lowest BCUT2D eigenvalue weighted by Crippen LogP contribution is -2.30. The molecule has 1 aliphatic heterocycles. The largest absolute Gasteiger partial charge is 0.777 e. The highest BCUT2D eigenvalue weighted by Gasteiger charge is 2.26. The molecule has 0 bridgehead atoms. The van der Waals surface area contributed by atoms with Gasteiger partial charge in [0.2, 0.25) is 5.95 Å². The number of aromatic nitrogens is 4. The number of anilines is 1. The first-order chi connectivity index (χ1) is 10.8. The Labute approximate surface area is 129 Å². The fraction of sp³-hybridized carbons (Fsp3) is 0.545. The maximum Gasteiger partial charge on any atom is 0.280 e. The summed E-state index contributed by atoms with van der Waals surface area (Å²) < 4.78 is 22.8. The van der Waals surface area contributed by atoms with Crippen LogP contribution in [0.5, 0.6) is 0 Å². The van der Waals surface area contributed by atoms with E-state index in [4.69, 9.17) is 20.1 Å². The second kappa shape index (κ2) is 6.02. The van der Waals surface area contributed by atoms with E-state index < -0.39 is 25.8 Å². The van der Waals surface area contributed by atoms with Crippen LogP contribution in [0.1, 0.15) is 18.9 Å². The zero-order valence-corrected chi connectivity index (χ0v) is 12.8. The van der Waals surface area contributed by atoms with Gasteiger partial charge in [-0.05, 0) is 6.42 Å². The van der Waals surface area contributed by atoms with Crippen LogP contribution in [0.2, 0.25) is 0 Å². The monoisotopic (exact) mass is 344 g/mol. The smallest absolute Gasteiger partial charge is 0.280 e. The summed E-state index contributed by atoms with van der Waals surface area (Å²) in [6.45, 7) is 0.221. The Morgan fingerprint density at radius 1 is 1.61 bits per heavy atom. The van der Waals surface area contributed by atoms with Crippen molar-refractivity contribution in [2.24, 2.45) is 0 Å². The maximum absolute atomic E-state index is 11.7. The van der Waals surface area contributed by atoms with Crippen LogP contribution in [0.15, 0.2) is 11.1 Å². The van der Waals surface area contributed by atoms with Gasteiger partial charge in [-0.2, -0.15) is 4.98 Å². The number of nitrogens with zero attached hydrogens (tertiary/aromatic N) is 3. The first-order valence-corrected chi connectivity index (χ1v) is 8.58. The molecule has 0 aliphatic carbocycles. The van der Waals surface area contributed by atoms with Gasteiger partial charge in [-0.15, -0.1) is 0 Å². The van der Waals surface area contributed by atoms with E-state index in [0.717, 1.165) is 0 Å². The number of ether oxygens (including phenoxy) is 2. The quantitative estimate of drug-likeness (QED) is 0.583. The van der Waals surface area contributed by atoms with Crippen LogP contribution in [0.4, 0.5) is 5.95 Å². The van der Waals surface area contributed by atoms with Crippen molar-refractivity contribution in [3.63, 3.8) is 0 Å². The van der Waals surface area contributed by atoms with Crippen LogP contribution in [0.25, 0.3) is 11.2 Å². The Balaban J connectivity index is 1.71. The van der Waals surface area contributed by atoms with E-state index in [9.17, 15) is 14.3 Å². The lowest BCUT2D eigenvalue weighted by Gasteiger charge is -2.30. The molecule has 2 aromatic rings. The van der Waals surface area contributed by atoms with E-state index >= 15 is 0 Å². The number of aromatic amines is 1. The molecule has 23 heavy (non-hydrogen) atoms. The second-order valence-corrected chi connectivity index (χ2v) is 6.74. The zero-order valence-electron chi connectivity index (χ0n) is 11.9. The third-order valence-corrected chi connectivity index (χ3v) is 3.95. The molecule has 1 saturated heterocycles. The van der Waals surface area contributed by atoms with E-state index in [1.165, 1.54) is 6.33 Å². The number of imidazole rings is 1. The third-order valence-electron chi connectivity index (χ3n) is 3.48. The number of hydrogen-bond donors (Lipinski definition) is 3. The zero-order chi connectivity index (χ0) is 16.6. The van der Waals surface area contributed by atoms with Crippen LogP contribution < -0.4 is 16.2 Å². The Kier molecular flexibility index (Phi) is 4.21. The predicted molar refractivity (Wildman–Crippen MR) is 76.3 cm³/mol. The molecule has 3 heterocycles. The van der Waals surface area contributed by atoms with Gasteiger partial charge in [0, 0.05) is 6.42 Å². The summed E-state index contributed by atoms with van der Waals surface area (Å²) in [7, 11) is -4.47. The normalized spacial score (nSPS) is 24.6. The Hall–Kier alpha value is -1.78. The molecule has 0 amide bonds. The third kappa shape index (κ3) is 3.59. The number of nitrogen functional groups attached to an aromatic ring is 1. The average Bonchev–Trinajstić information content (AvgIpc) is 2.89. The predicted octanol–water partition coefficient (Wildman–Crippen LogP) is -1.10. The van der Waals surface area contributed by atoms with E-state index in [1.807, 2.05) is 0 Å². The van der Waals surface area contributed by atoms with E-state index in [-0.39, 0.29) is 24.1 Å². The summed E-state index contributed by atoms with van der Waals surface area (Å²) in [6, 6.07) is -0.137. The van der Waals surface area contributed by atoms with Crippen molar-refractivity contribution in [2.45, 2.75) is 25.2 Å². The Morgan fingerprint density at radius 2 is 2.39 bits per heavy atom. The molecule has 11 nitrogen and oxygen atoms in total. The van der Waals surface area contributed by atoms with Crippen molar-refractivity contribution < 1.29 is 23.8 Å². The van der Waals surface area contributed by atoms with Crippen molar-refractivity contribution in [1.82, 2.24) is 19.5 Å². The van der Waals surface area contributed by atoms with Crippen LogP contribution >= 0.6 is 7.60 Å². The molecule has 0 aromatic carbocycles. The summed E-state index contributed by atoms with van der Waals surface area (Å²) >= 11 is 0. The first kappa shape index (κ1) is 16.1. The lowest BCUT2D eigenvalue weighted by atomic mass is 10.1. The number of fused-ring (bicyclic) bond motifs is 1. The SMILES string of the molecule is Nc1nc2c(ncn2[C@@H]2CC[C@H](OCP(=O)([O-])O)OC2)c(=O)[nH]1. The highest BCUT2D eigenvalue weighted by Crippen LogP contribution is 2.32. The number of nitrogens with one attached hydrogen (secondary N) is 1. The van der Waals surface area contributed by atoms with Crippen molar-refractivity contribution in [3.05, 3.63) is 16.7 Å². The number of H-pyrrole nitrogens is 1. The van der Waals surface area contributed by atoms with Gasteiger partial charge in [-0.3, -0.25) is 9.78 Å². The number of nitrogens with two attached hydrogens (primary N) is 1. The van der Waals surface area contributed by atoms with Gasteiger partial charge in [-0.25, -0.2) is 4.98 Å². The molecule has 4 N–H and O–H groups in total. The fourth-order valence-electron chi connectivity index (χ4n) is 2.45. The second-order valence-electron chi connectivity index (χ2n) is 5.20.